The van der Waals surface area contributed by atoms with Gasteiger partial charge in [-0.3, -0.25) is 9.59 Å². The zero-order valence-corrected chi connectivity index (χ0v) is 14.4. The van der Waals surface area contributed by atoms with Crippen molar-refractivity contribution in [1.29, 1.82) is 0 Å². The maximum Gasteiger partial charge on any atom is 0.256 e. The Morgan fingerprint density at radius 3 is 2.54 bits per heavy atom. The van der Waals surface area contributed by atoms with Gasteiger partial charge in [0.1, 0.15) is 5.00 Å². The van der Waals surface area contributed by atoms with Gasteiger partial charge in [-0.1, -0.05) is 43.3 Å². The van der Waals surface area contributed by atoms with E-state index in [1.165, 1.54) is 11.3 Å². The molecule has 0 unspecified atom stereocenters. The predicted molar refractivity (Wildman–Crippen MR) is 98.9 cm³/mol. The fraction of sp³-hybridized carbons (Fsp3) is 0.158. The molecular formula is C19H18N2O2S. The first-order valence-electron chi connectivity index (χ1n) is 7.74. The normalized spacial score (nSPS) is 10.8. The number of primary amides is 1. The van der Waals surface area contributed by atoms with Gasteiger partial charge in [-0.25, -0.2) is 0 Å². The number of hydrogen-bond acceptors (Lipinski definition) is 3. The molecule has 0 aliphatic rings. The lowest BCUT2D eigenvalue weighted by atomic mass is 10.0. The monoisotopic (exact) mass is 338 g/mol. The van der Waals surface area contributed by atoms with Crippen LogP contribution >= 0.6 is 11.3 Å². The second kappa shape index (κ2) is 6.45. The molecule has 0 bridgehead atoms. The van der Waals surface area contributed by atoms with Crippen LogP contribution in [0.4, 0.5) is 5.00 Å². The zero-order chi connectivity index (χ0) is 17.3. The lowest BCUT2D eigenvalue weighted by Crippen LogP contribution is -2.18. The van der Waals surface area contributed by atoms with Gasteiger partial charge in [-0.2, -0.15) is 0 Å². The molecule has 4 nitrogen and oxygen atoms in total. The average molecular weight is 338 g/mol. The van der Waals surface area contributed by atoms with Crippen LogP contribution in [0.25, 0.3) is 10.8 Å². The van der Waals surface area contributed by atoms with Crippen LogP contribution in [-0.4, -0.2) is 11.8 Å². The molecule has 3 rings (SSSR count). The summed E-state index contributed by atoms with van der Waals surface area (Å²) in [7, 11) is 0. The highest BCUT2D eigenvalue weighted by Crippen LogP contribution is 2.33. The number of nitrogens with two attached hydrogens (primary N) is 1. The average Bonchev–Trinajstić information content (AvgIpc) is 2.89. The summed E-state index contributed by atoms with van der Waals surface area (Å²) in [4.78, 5) is 25.6. The van der Waals surface area contributed by atoms with Crippen molar-refractivity contribution < 1.29 is 9.59 Å². The molecule has 0 spiro atoms. The van der Waals surface area contributed by atoms with Gasteiger partial charge in [-0.15, -0.1) is 11.3 Å². The molecule has 3 N–H and O–H groups in total. The van der Waals surface area contributed by atoms with Crippen molar-refractivity contribution in [2.24, 2.45) is 5.73 Å². The van der Waals surface area contributed by atoms with Gasteiger partial charge < -0.3 is 11.1 Å². The Morgan fingerprint density at radius 2 is 1.83 bits per heavy atom. The van der Waals surface area contributed by atoms with E-state index in [4.69, 9.17) is 5.73 Å². The molecule has 0 aliphatic carbocycles. The van der Waals surface area contributed by atoms with Crippen molar-refractivity contribution in [1.82, 2.24) is 0 Å². The Balaban J connectivity index is 2.03. The molecule has 122 valence electrons. The van der Waals surface area contributed by atoms with Crippen LogP contribution in [0.1, 0.15) is 38.1 Å². The van der Waals surface area contributed by atoms with Crippen molar-refractivity contribution in [3.63, 3.8) is 0 Å². The van der Waals surface area contributed by atoms with Crippen molar-refractivity contribution in [3.05, 3.63) is 64.0 Å². The molecule has 0 atom stereocenters. The standard InChI is InChI=1S/C19H18N2O2S/c1-3-13-11(2)24-19(16(13)17(20)22)21-18(23)15-10-6-8-12-7-4-5-9-14(12)15/h4-10H,3H2,1-2H3,(H2,20,22)(H,21,23). The van der Waals surface area contributed by atoms with Crippen LogP contribution in [-0.2, 0) is 6.42 Å². The Morgan fingerprint density at radius 1 is 1.12 bits per heavy atom. The van der Waals surface area contributed by atoms with Crippen LogP contribution in [0.3, 0.4) is 0 Å². The smallest absolute Gasteiger partial charge is 0.256 e. The first-order chi connectivity index (χ1) is 11.5. The summed E-state index contributed by atoms with van der Waals surface area (Å²) < 4.78 is 0. The number of carbonyl (C=O) groups excluding carboxylic acids is 2. The molecule has 1 aromatic heterocycles. The van der Waals surface area contributed by atoms with Crippen LogP contribution in [0.15, 0.2) is 42.5 Å². The number of carbonyl (C=O) groups is 2. The third kappa shape index (κ3) is 2.78. The van der Waals surface area contributed by atoms with Crippen molar-refractivity contribution in [2.75, 3.05) is 5.32 Å². The summed E-state index contributed by atoms with van der Waals surface area (Å²) in [6, 6.07) is 13.3. The number of anilines is 1. The maximum absolute atomic E-state index is 12.8. The quantitative estimate of drug-likeness (QED) is 0.751. The van der Waals surface area contributed by atoms with E-state index in [9.17, 15) is 9.59 Å². The van der Waals surface area contributed by atoms with Crippen molar-refractivity contribution in [2.45, 2.75) is 20.3 Å². The lowest BCUT2D eigenvalue weighted by molar-refractivity contribution is 0.100. The molecule has 0 aliphatic heterocycles. The molecule has 2 aromatic carbocycles. The zero-order valence-electron chi connectivity index (χ0n) is 13.6. The fourth-order valence-electron chi connectivity index (χ4n) is 2.95. The van der Waals surface area contributed by atoms with Gasteiger partial charge in [0.15, 0.2) is 0 Å². The predicted octanol–water partition coefficient (Wildman–Crippen LogP) is 4.12. The largest absolute Gasteiger partial charge is 0.365 e. The topological polar surface area (TPSA) is 72.2 Å². The van der Waals surface area contributed by atoms with E-state index in [0.717, 1.165) is 21.2 Å². The second-order valence-electron chi connectivity index (χ2n) is 5.54. The van der Waals surface area contributed by atoms with Crippen LogP contribution in [0, 0.1) is 6.92 Å². The third-order valence-corrected chi connectivity index (χ3v) is 5.13. The van der Waals surface area contributed by atoms with E-state index >= 15 is 0 Å². The summed E-state index contributed by atoms with van der Waals surface area (Å²) in [5.41, 5.74) is 7.43. The highest BCUT2D eigenvalue weighted by molar-refractivity contribution is 7.16. The Hall–Kier alpha value is -2.66. The van der Waals surface area contributed by atoms with Gasteiger partial charge in [0.25, 0.3) is 11.8 Å². The summed E-state index contributed by atoms with van der Waals surface area (Å²) >= 11 is 1.39. The van der Waals surface area contributed by atoms with Gasteiger partial charge in [0.2, 0.25) is 0 Å². The molecule has 5 heteroatoms. The SMILES string of the molecule is CCc1c(C)sc(NC(=O)c2cccc3ccccc23)c1C(N)=O. The van der Waals surface area contributed by atoms with E-state index in [1.807, 2.05) is 50.2 Å². The van der Waals surface area contributed by atoms with Crippen LogP contribution < -0.4 is 11.1 Å². The maximum atomic E-state index is 12.8. The summed E-state index contributed by atoms with van der Waals surface area (Å²) in [6.45, 7) is 3.90. The van der Waals surface area contributed by atoms with Crippen molar-refractivity contribution >= 4 is 38.9 Å². The highest BCUT2D eigenvalue weighted by atomic mass is 32.1. The van der Waals surface area contributed by atoms with Crippen LogP contribution in [0.5, 0.6) is 0 Å². The minimum Gasteiger partial charge on any atom is -0.365 e. The van der Waals surface area contributed by atoms with Crippen LogP contribution in [0.2, 0.25) is 0 Å². The minimum atomic E-state index is -0.510. The molecule has 0 saturated carbocycles. The fourth-order valence-corrected chi connectivity index (χ4v) is 4.09. The molecule has 1 heterocycles. The number of hydrogen-bond donors (Lipinski definition) is 2. The second-order valence-corrected chi connectivity index (χ2v) is 6.76. The Labute approximate surface area is 144 Å². The number of aryl methyl sites for hydroxylation is 1. The molecular weight excluding hydrogens is 320 g/mol. The minimum absolute atomic E-state index is 0.238. The molecule has 3 aromatic rings. The van der Waals surface area contributed by atoms with E-state index < -0.39 is 5.91 Å². The van der Waals surface area contributed by atoms with E-state index in [0.29, 0.717) is 22.5 Å². The third-order valence-electron chi connectivity index (χ3n) is 4.07. The van der Waals surface area contributed by atoms with Gasteiger partial charge >= 0.3 is 0 Å². The molecule has 24 heavy (non-hydrogen) atoms. The number of benzene rings is 2. The van der Waals surface area contributed by atoms with E-state index in [-0.39, 0.29) is 5.91 Å². The highest BCUT2D eigenvalue weighted by Gasteiger charge is 2.21. The van der Waals surface area contributed by atoms with Gasteiger partial charge in [0, 0.05) is 10.4 Å². The number of nitrogens with one attached hydrogen (secondary N) is 1. The molecule has 0 fully saturated rings. The Kier molecular flexibility index (Phi) is 4.36. The summed E-state index contributed by atoms with van der Waals surface area (Å²) in [6.07, 6.45) is 0.699. The first-order valence-corrected chi connectivity index (χ1v) is 8.55. The van der Waals surface area contributed by atoms with E-state index in [2.05, 4.69) is 5.32 Å². The molecule has 0 saturated heterocycles. The number of rotatable bonds is 4. The van der Waals surface area contributed by atoms with Gasteiger partial charge in [-0.05, 0) is 35.7 Å². The van der Waals surface area contributed by atoms with Crippen molar-refractivity contribution in [3.8, 4) is 0 Å². The first kappa shape index (κ1) is 16.2. The Bertz CT molecular complexity index is 938. The number of fused-ring (bicyclic) bond motifs is 1. The molecule has 0 radical (unpaired) electrons. The lowest BCUT2D eigenvalue weighted by Gasteiger charge is -2.08. The summed E-state index contributed by atoms with van der Waals surface area (Å²) in [5, 5.41) is 5.27. The van der Waals surface area contributed by atoms with Gasteiger partial charge in [0.05, 0.1) is 5.56 Å². The number of amides is 2. The van der Waals surface area contributed by atoms with E-state index in [1.54, 1.807) is 6.07 Å². The summed E-state index contributed by atoms with van der Waals surface area (Å²) in [5.74, 6) is -0.748. The number of thiophene rings is 1. The molecule has 2 amide bonds.